The van der Waals surface area contributed by atoms with Gasteiger partial charge in [0.1, 0.15) is 6.04 Å². The summed E-state index contributed by atoms with van der Waals surface area (Å²) in [7, 11) is 0. The Morgan fingerprint density at radius 3 is 2.82 bits per heavy atom. The van der Waals surface area contributed by atoms with Crippen LogP contribution < -0.4 is 0 Å². The average Bonchev–Trinajstić information content (AvgIpc) is 2.96. The van der Waals surface area contributed by atoms with E-state index in [-0.39, 0.29) is 0 Å². The van der Waals surface area contributed by atoms with Gasteiger partial charge >= 0.3 is 5.97 Å². The fourth-order valence-corrected chi connectivity index (χ4v) is 2.99. The summed E-state index contributed by atoms with van der Waals surface area (Å²) in [6, 6.07) is 9.27. The van der Waals surface area contributed by atoms with Crippen LogP contribution in [0.15, 0.2) is 41.0 Å². The number of carboxylic acid groups (broad SMARTS) is 1. The van der Waals surface area contributed by atoms with Crippen LogP contribution in [0.4, 0.5) is 0 Å². The Balaban J connectivity index is 1.79. The van der Waals surface area contributed by atoms with E-state index in [1.807, 2.05) is 35.2 Å². The number of rotatable bonds is 4. The number of carboxylic acids is 1. The molecule has 1 saturated heterocycles. The molecule has 0 aliphatic carbocycles. The van der Waals surface area contributed by atoms with E-state index in [1.165, 1.54) is 0 Å². The van der Waals surface area contributed by atoms with Crippen molar-refractivity contribution in [1.82, 2.24) is 14.9 Å². The molecule has 0 radical (unpaired) electrons. The summed E-state index contributed by atoms with van der Waals surface area (Å²) >= 11 is 3.41. The highest BCUT2D eigenvalue weighted by atomic mass is 79.9. The normalized spacial score (nSPS) is 18.5. The minimum atomic E-state index is -0.750. The molecule has 3 rings (SSSR count). The first-order chi connectivity index (χ1) is 10.6. The van der Waals surface area contributed by atoms with E-state index < -0.39 is 12.0 Å². The van der Waals surface area contributed by atoms with Gasteiger partial charge in [0.15, 0.2) is 5.82 Å². The van der Waals surface area contributed by atoms with Crippen LogP contribution in [0.5, 0.6) is 0 Å². The summed E-state index contributed by atoms with van der Waals surface area (Å²) in [5.41, 5.74) is 1.79. The van der Waals surface area contributed by atoms with Crippen molar-refractivity contribution in [1.29, 1.82) is 0 Å². The van der Waals surface area contributed by atoms with E-state index >= 15 is 0 Å². The lowest BCUT2D eigenvalue weighted by molar-refractivity contribution is -0.142. The SMILES string of the molecule is O=C(O)[C@H]1CCCN1Cc1ccnc(-c2ccc(Br)cc2)n1. The van der Waals surface area contributed by atoms with Crippen molar-refractivity contribution in [2.24, 2.45) is 0 Å². The number of aromatic nitrogens is 2. The van der Waals surface area contributed by atoms with Gasteiger partial charge in [0.2, 0.25) is 0 Å². The number of carbonyl (C=O) groups is 1. The maximum atomic E-state index is 11.2. The van der Waals surface area contributed by atoms with E-state index in [0.29, 0.717) is 18.8 Å². The highest BCUT2D eigenvalue weighted by Gasteiger charge is 2.30. The molecule has 0 unspecified atom stereocenters. The van der Waals surface area contributed by atoms with Gasteiger partial charge in [-0.2, -0.15) is 0 Å². The molecule has 22 heavy (non-hydrogen) atoms. The molecule has 0 saturated carbocycles. The third-order valence-corrected chi connectivity index (χ3v) is 4.36. The van der Waals surface area contributed by atoms with Gasteiger partial charge < -0.3 is 5.11 Å². The molecule has 0 spiro atoms. The quantitative estimate of drug-likeness (QED) is 0.906. The number of benzene rings is 1. The summed E-state index contributed by atoms with van der Waals surface area (Å²) < 4.78 is 1.01. The maximum Gasteiger partial charge on any atom is 0.320 e. The van der Waals surface area contributed by atoms with Crippen LogP contribution in [0, 0.1) is 0 Å². The third-order valence-electron chi connectivity index (χ3n) is 3.83. The molecule has 1 aromatic heterocycles. The van der Waals surface area contributed by atoms with Gasteiger partial charge in [0.25, 0.3) is 0 Å². The van der Waals surface area contributed by atoms with Crippen molar-refractivity contribution in [3.8, 4) is 11.4 Å². The van der Waals surface area contributed by atoms with Crippen LogP contribution in [0.1, 0.15) is 18.5 Å². The van der Waals surface area contributed by atoms with E-state index in [1.54, 1.807) is 6.20 Å². The number of hydrogen-bond donors (Lipinski definition) is 1. The second kappa shape index (κ2) is 6.54. The zero-order chi connectivity index (χ0) is 15.5. The summed E-state index contributed by atoms with van der Waals surface area (Å²) in [5.74, 6) is -0.0873. The Bertz CT molecular complexity index is 675. The van der Waals surface area contributed by atoms with E-state index in [2.05, 4.69) is 25.9 Å². The number of hydrogen-bond acceptors (Lipinski definition) is 4. The monoisotopic (exact) mass is 361 g/mol. The van der Waals surface area contributed by atoms with Crippen LogP contribution in [-0.4, -0.2) is 38.5 Å². The van der Waals surface area contributed by atoms with Crippen LogP contribution in [0.25, 0.3) is 11.4 Å². The Morgan fingerprint density at radius 2 is 2.09 bits per heavy atom. The Hall–Kier alpha value is -1.79. The molecule has 2 heterocycles. The molecular formula is C16H16BrN3O2. The second-order valence-corrected chi connectivity index (χ2v) is 6.26. The average molecular weight is 362 g/mol. The number of aliphatic carboxylic acids is 1. The largest absolute Gasteiger partial charge is 0.480 e. The maximum absolute atomic E-state index is 11.2. The Kier molecular flexibility index (Phi) is 4.49. The minimum Gasteiger partial charge on any atom is -0.480 e. The molecule has 1 aliphatic heterocycles. The highest BCUT2D eigenvalue weighted by molar-refractivity contribution is 9.10. The Morgan fingerprint density at radius 1 is 1.32 bits per heavy atom. The first-order valence-electron chi connectivity index (χ1n) is 7.18. The first-order valence-corrected chi connectivity index (χ1v) is 7.97. The number of halogens is 1. The molecule has 0 amide bonds. The summed E-state index contributed by atoms with van der Waals surface area (Å²) in [4.78, 5) is 22.1. The molecule has 2 aromatic rings. The van der Waals surface area contributed by atoms with Crippen molar-refractivity contribution >= 4 is 21.9 Å². The van der Waals surface area contributed by atoms with Gasteiger partial charge in [-0.15, -0.1) is 0 Å². The van der Waals surface area contributed by atoms with Crippen molar-refractivity contribution in [3.63, 3.8) is 0 Å². The topological polar surface area (TPSA) is 66.3 Å². The van der Waals surface area contributed by atoms with Gasteiger partial charge in [-0.1, -0.05) is 28.1 Å². The van der Waals surface area contributed by atoms with Gasteiger partial charge in [-0.3, -0.25) is 9.69 Å². The minimum absolute atomic E-state index is 0.397. The molecule has 5 nitrogen and oxygen atoms in total. The van der Waals surface area contributed by atoms with Crippen LogP contribution in [0.3, 0.4) is 0 Å². The van der Waals surface area contributed by atoms with Crippen LogP contribution in [0.2, 0.25) is 0 Å². The lowest BCUT2D eigenvalue weighted by atomic mass is 10.2. The molecule has 1 fully saturated rings. The van der Waals surface area contributed by atoms with E-state index in [4.69, 9.17) is 0 Å². The van der Waals surface area contributed by atoms with Gasteiger partial charge in [-0.05, 0) is 37.6 Å². The third kappa shape index (κ3) is 3.34. The van der Waals surface area contributed by atoms with E-state index in [0.717, 1.165) is 28.7 Å². The predicted octanol–water partition coefficient (Wildman–Crippen LogP) is 2.96. The molecule has 114 valence electrons. The first kappa shape index (κ1) is 15.1. The molecule has 1 atom stereocenters. The molecule has 1 aliphatic rings. The zero-order valence-corrected chi connectivity index (χ0v) is 13.5. The molecular weight excluding hydrogens is 346 g/mol. The van der Waals surface area contributed by atoms with Gasteiger partial charge in [-0.25, -0.2) is 9.97 Å². The zero-order valence-electron chi connectivity index (χ0n) is 11.9. The fourth-order valence-electron chi connectivity index (χ4n) is 2.73. The van der Waals surface area contributed by atoms with Gasteiger partial charge in [0.05, 0.1) is 5.69 Å². The molecule has 1 aromatic carbocycles. The van der Waals surface area contributed by atoms with Crippen molar-refractivity contribution in [2.45, 2.75) is 25.4 Å². The predicted molar refractivity (Wildman–Crippen MR) is 86.2 cm³/mol. The van der Waals surface area contributed by atoms with Gasteiger partial charge in [0, 0.05) is 22.8 Å². The van der Waals surface area contributed by atoms with E-state index in [9.17, 15) is 9.90 Å². The smallest absolute Gasteiger partial charge is 0.320 e. The summed E-state index contributed by atoms with van der Waals surface area (Å²) in [5, 5.41) is 9.24. The lowest BCUT2D eigenvalue weighted by Gasteiger charge is -2.20. The molecule has 0 bridgehead atoms. The summed E-state index contributed by atoms with van der Waals surface area (Å²) in [6.45, 7) is 1.34. The summed E-state index contributed by atoms with van der Waals surface area (Å²) in [6.07, 6.45) is 3.35. The number of likely N-dealkylation sites (tertiary alicyclic amines) is 1. The molecule has 1 N–H and O–H groups in total. The van der Waals surface area contributed by atoms with Crippen molar-refractivity contribution in [3.05, 3.63) is 46.7 Å². The fraction of sp³-hybridized carbons (Fsp3) is 0.312. The standard InChI is InChI=1S/C16H16BrN3O2/c17-12-5-3-11(4-6-12)15-18-8-7-13(19-15)10-20-9-1-2-14(20)16(21)22/h3-8,14H,1-2,9-10H2,(H,21,22)/t14-/m1/s1. The second-order valence-electron chi connectivity index (χ2n) is 5.35. The van der Waals surface area contributed by atoms with Crippen molar-refractivity contribution < 1.29 is 9.90 Å². The van der Waals surface area contributed by atoms with Crippen LogP contribution >= 0.6 is 15.9 Å². The molecule has 6 heteroatoms. The lowest BCUT2D eigenvalue weighted by Crippen LogP contribution is -2.35. The van der Waals surface area contributed by atoms with Crippen molar-refractivity contribution in [2.75, 3.05) is 6.54 Å². The van der Waals surface area contributed by atoms with Crippen LogP contribution in [-0.2, 0) is 11.3 Å². The Labute approximate surface area is 137 Å². The highest BCUT2D eigenvalue weighted by Crippen LogP contribution is 2.21. The number of nitrogens with zero attached hydrogens (tertiary/aromatic N) is 3.